The van der Waals surface area contributed by atoms with Crippen LogP contribution in [-0.2, 0) is 6.42 Å². The number of benzene rings is 1. The van der Waals surface area contributed by atoms with Gasteiger partial charge in [0.25, 0.3) is 5.69 Å². The van der Waals surface area contributed by atoms with Gasteiger partial charge in [-0.25, -0.2) is 0 Å². The molecule has 0 N–H and O–H groups in total. The van der Waals surface area contributed by atoms with Crippen LogP contribution in [0.3, 0.4) is 0 Å². The van der Waals surface area contributed by atoms with E-state index in [2.05, 4.69) is 11.1 Å². The van der Waals surface area contributed by atoms with Crippen molar-refractivity contribution in [2.45, 2.75) is 26.2 Å². The average Bonchev–Trinajstić information content (AvgIpc) is 2.45. The number of nitrogens with zero attached hydrogens (tertiary/aromatic N) is 3. The molecule has 0 bridgehead atoms. The number of nitro groups is 1. The Balaban J connectivity index is 2.35. The molecule has 0 aliphatic rings. The normalized spacial score (nSPS) is 11.7. The number of aromatic nitrogens is 1. The SMILES string of the molecule is Cc1ccc([N+](=O)[O-])c(CC(C#N)c2ccc(C)nc2)c1. The molecule has 2 rings (SSSR count). The largest absolute Gasteiger partial charge is 0.272 e. The summed E-state index contributed by atoms with van der Waals surface area (Å²) in [6.07, 6.45) is 1.96. The maximum absolute atomic E-state index is 11.1. The standard InChI is InChI=1S/C16H15N3O2/c1-11-3-6-16(19(20)21)14(7-11)8-15(9-17)13-5-4-12(2)18-10-13/h3-7,10,15H,8H2,1-2H3. The molecule has 0 saturated heterocycles. The molecule has 1 unspecified atom stereocenters. The Morgan fingerprint density at radius 3 is 2.67 bits per heavy atom. The first-order chi connectivity index (χ1) is 10.0. The molecule has 5 heteroatoms. The van der Waals surface area contributed by atoms with Gasteiger partial charge in [-0.3, -0.25) is 15.1 Å². The molecule has 5 nitrogen and oxygen atoms in total. The van der Waals surface area contributed by atoms with Gasteiger partial charge in [0.05, 0.1) is 16.9 Å². The van der Waals surface area contributed by atoms with Crippen LogP contribution in [0.4, 0.5) is 5.69 Å². The predicted octanol–water partition coefficient (Wildman–Crippen LogP) is 3.46. The van der Waals surface area contributed by atoms with Crippen molar-refractivity contribution in [3.63, 3.8) is 0 Å². The van der Waals surface area contributed by atoms with Gasteiger partial charge in [0, 0.05) is 23.5 Å². The van der Waals surface area contributed by atoms with E-state index in [1.54, 1.807) is 18.3 Å². The summed E-state index contributed by atoms with van der Waals surface area (Å²) in [5.41, 5.74) is 3.22. The molecule has 21 heavy (non-hydrogen) atoms. The summed E-state index contributed by atoms with van der Waals surface area (Å²) in [5, 5.41) is 20.5. The molecule has 1 aromatic carbocycles. The maximum atomic E-state index is 11.1. The highest BCUT2D eigenvalue weighted by atomic mass is 16.6. The first kappa shape index (κ1) is 14.7. The van der Waals surface area contributed by atoms with Crippen molar-refractivity contribution in [1.82, 2.24) is 4.98 Å². The molecule has 1 atom stereocenters. The Morgan fingerprint density at radius 1 is 1.33 bits per heavy atom. The van der Waals surface area contributed by atoms with Gasteiger partial charge in [0.2, 0.25) is 0 Å². The van der Waals surface area contributed by atoms with Gasteiger partial charge in [-0.05, 0) is 38.0 Å². The van der Waals surface area contributed by atoms with Crippen LogP contribution >= 0.6 is 0 Å². The average molecular weight is 281 g/mol. The highest BCUT2D eigenvalue weighted by molar-refractivity contribution is 5.44. The molecule has 0 amide bonds. The highest BCUT2D eigenvalue weighted by Gasteiger charge is 2.19. The fourth-order valence-electron chi connectivity index (χ4n) is 2.20. The summed E-state index contributed by atoms with van der Waals surface area (Å²) in [4.78, 5) is 14.9. The summed E-state index contributed by atoms with van der Waals surface area (Å²) in [6, 6.07) is 10.9. The van der Waals surface area contributed by atoms with Gasteiger partial charge in [-0.15, -0.1) is 0 Å². The van der Waals surface area contributed by atoms with Crippen molar-refractivity contribution in [1.29, 1.82) is 5.26 Å². The van der Waals surface area contributed by atoms with Crippen molar-refractivity contribution >= 4 is 5.69 Å². The number of hydrogen-bond acceptors (Lipinski definition) is 4. The van der Waals surface area contributed by atoms with Crippen LogP contribution in [0.1, 0.15) is 28.3 Å². The number of aryl methyl sites for hydroxylation is 2. The first-order valence-electron chi connectivity index (χ1n) is 6.57. The van der Waals surface area contributed by atoms with E-state index in [1.807, 2.05) is 26.0 Å². The Morgan fingerprint density at radius 2 is 2.10 bits per heavy atom. The number of nitriles is 1. The fourth-order valence-corrected chi connectivity index (χ4v) is 2.20. The van der Waals surface area contributed by atoms with Crippen molar-refractivity contribution in [3.8, 4) is 6.07 Å². The zero-order valence-corrected chi connectivity index (χ0v) is 11.9. The minimum Gasteiger partial charge on any atom is -0.261 e. The van der Waals surface area contributed by atoms with E-state index in [-0.39, 0.29) is 5.69 Å². The predicted molar refractivity (Wildman–Crippen MR) is 78.9 cm³/mol. The van der Waals surface area contributed by atoms with Crippen LogP contribution in [0.25, 0.3) is 0 Å². The Hall–Kier alpha value is -2.74. The van der Waals surface area contributed by atoms with Gasteiger partial charge in [0.15, 0.2) is 0 Å². The van der Waals surface area contributed by atoms with Gasteiger partial charge in [-0.2, -0.15) is 5.26 Å². The zero-order chi connectivity index (χ0) is 15.4. The molecule has 1 aromatic heterocycles. The van der Waals surface area contributed by atoms with E-state index in [0.29, 0.717) is 12.0 Å². The lowest BCUT2D eigenvalue weighted by Crippen LogP contribution is -2.04. The fraction of sp³-hybridized carbons (Fsp3) is 0.250. The van der Waals surface area contributed by atoms with Crippen molar-refractivity contribution in [2.24, 2.45) is 0 Å². The van der Waals surface area contributed by atoms with Crippen LogP contribution in [0.5, 0.6) is 0 Å². The third kappa shape index (κ3) is 3.42. The van der Waals surface area contributed by atoms with E-state index >= 15 is 0 Å². The molecule has 1 heterocycles. The van der Waals surface area contributed by atoms with Crippen LogP contribution in [0.15, 0.2) is 36.5 Å². The quantitative estimate of drug-likeness (QED) is 0.635. The van der Waals surface area contributed by atoms with E-state index in [9.17, 15) is 15.4 Å². The lowest BCUT2D eigenvalue weighted by Gasteiger charge is -2.10. The van der Waals surface area contributed by atoms with E-state index in [0.717, 1.165) is 16.8 Å². The summed E-state index contributed by atoms with van der Waals surface area (Å²) in [7, 11) is 0. The van der Waals surface area contributed by atoms with E-state index < -0.39 is 10.8 Å². The van der Waals surface area contributed by atoms with Crippen LogP contribution < -0.4 is 0 Å². The molecule has 0 aliphatic heterocycles. The van der Waals surface area contributed by atoms with Gasteiger partial charge >= 0.3 is 0 Å². The van der Waals surface area contributed by atoms with Gasteiger partial charge in [-0.1, -0.05) is 17.7 Å². The second-order valence-corrected chi connectivity index (χ2v) is 5.01. The molecule has 0 aliphatic carbocycles. The molecule has 2 aromatic rings. The molecule has 0 spiro atoms. The van der Waals surface area contributed by atoms with Gasteiger partial charge < -0.3 is 0 Å². The molecule has 0 saturated carbocycles. The molecule has 0 fully saturated rings. The molecule has 106 valence electrons. The second kappa shape index (κ2) is 6.14. The molecular formula is C16H15N3O2. The highest BCUT2D eigenvalue weighted by Crippen LogP contribution is 2.27. The Labute approximate surface area is 123 Å². The minimum atomic E-state index is -0.446. The number of nitro benzene ring substituents is 1. The lowest BCUT2D eigenvalue weighted by atomic mass is 9.92. The van der Waals surface area contributed by atoms with Crippen molar-refractivity contribution in [3.05, 3.63) is 69.0 Å². The summed E-state index contributed by atoms with van der Waals surface area (Å²) >= 11 is 0. The van der Waals surface area contributed by atoms with E-state index in [1.165, 1.54) is 6.07 Å². The second-order valence-electron chi connectivity index (χ2n) is 5.01. The van der Waals surface area contributed by atoms with Crippen LogP contribution in [-0.4, -0.2) is 9.91 Å². The third-order valence-corrected chi connectivity index (χ3v) is 3.35. The van der Waals surface area contributed by atoms with E-state index in [4.69, 9.17) is 0 Å². The van der Waals surface area contributed by atoms with Crippen molar-refractivity contribution in [2.75, 3.05) is 0 Å². The summed E-state index contributed by atoms with van der Waals surface area (Å²) < 4.78 is 0. The smallest absolute Gasteiger partial charge is 0.261 e. The Kier molecular flexibility index (Phi) is 4.29. The maximum Gasteiger partial charge on any atom is 0.272 e. The Bertz CT molecular complexity index is 702. The molecule has 0 radical (unpaired) electrons. The molecular weight excluding hydrogens is 266 g/mol. The zero-order valence-electron chi connectivity index (χ0n) is 11.9. The third-order valence-electron chi connectivity index (χ3n) is 3.35. The van der Waals surface area contributed by atoms with Gasteiger partial charge in [0.1, 0.15) is 0 Å². The number of rotatable bonds is 4. The summed E-state index contributed by atoms with van der Waals surface area (Å²) in [6.45, 7) is 3.75. The number of hydrogen-bond donors (Lipinski definition) is 0. The number of pyridine rings is 1. The first-order valence-corrected chi connectivity index (χ1v) is 6.57. The van der Waals surface area contributed by atoms with Crippen LogP contribution in [0, 0.1) is 35.3 Å². The monoisotopic (exact) mass is 281 g/mol. The lowest BCUT2D eigenvalue weighted by molar-refractivity contribution is -0.385. The summed E-state index contributed by atoms with van der Waals surface area (Å²) in [5.74, 6) is -0.446. The van der Waals surface area contributed by atoms with Crippen LogP contribution in [0.2, 0.25) is 0 Å². The topological polar surface area (TPSA) is 79.8 Å². The minimum absolute atomic E-state index is 0.0564. The van der Waals surface area contributed by atoms with Crippen molar-refractivity contribution < 1.29 is 4.92 Å².